The zero-order valence-corrected chi connectivity index (χ0v) is 16.1. The fourth-order valence-corrected chi connectivity index (χ4v) is 4.14. The number of rotatable bonds is 6. The molecule has 1 aliphatic rings. The molecule has 3 rings (SSSR count). The summed E-state index contributed by atoms with van der Waals surface area (Å²) in [6.45, 7) is 3.11. The highest BCUT2D eigenvalue weighted by Gasteiger charge is 2.19. The van der Waals surface area contributed by atoms with E-state index >= 15 is 0 Å². The van der Waals surface area contributed by atoms with Gasteiger partial charge in [-0.05, 0) is 48.7 Å². The maximum absolute atomic E-state index is 6.30. The molecule has 0 unspecified atom stereocenters. The molecule has 0 spiro atoms. The van der Waals surface area contributed by atoms with Crippen LogP contribution in [0.25, 0.3) is 0 Å². The number of halogens is 2. The van der Waals surface area contributed by atoms with Crippen LogP contribution >= 0.6 is 34.2 Å². The summed E-state index contributed by atoms with van der Waals surface area (Å²) >= 11 is 8.67. The van der Waals surface area contributed by atoms with Crippen molar-refractivity contribution in [1.82, 2.24) is 5.32 Å². The van der Waals surface area contributed by atoms with Crippen LogP contribution in [0, 0.1) is 0 Å². The van der Waals surface area contributed by atoms with Crippen LogP contribution in [0.4, 0.5) is 5.69 Å². The first kappa shape index (κ1) is 17.1. The normalized spacial score (nSPS) is 17.4. The van der Waals surface area contributed by atoms with Crippen molar-refractivity contribution in [3.05, 3.63) is 64.7 Å². The van der Waals surface area contributed by atoms with Crippen LogP contribution in [-0.4, -0.2) is 19.1 Å². The first-order valence-corrected chi connectivity index (χ1v) is 10.0. The Hall–Kier alpha value is -0.780. The van der Waals surface area contributed by atoms with Gasteiger partial charge >= 0.3 is 0 Å². The van der Waals surface area contributed by atoms with Gasteiger partial charge in [0, 0.05) is 34.3 Å². The lowest BCUT2D eigenvalue weighted by atomic mass is 10.1. The zero-order chi connectivity index (χ0) is 16.1. The molecular formula is C19H22ClIN2. The molecule has 2 aromatic rings. The van der Waals surface area contributed by atoms with E-state index in [4.69, 9.17) is 11.6 Å². The molecule has 2 aromatic carbocycles. The van der Waals surface area contributed by atoms with Gasteiger partial charge in [-0.25, -0.2) is 0 Å². The summed E-state index contributed by atoms with van der Waals surface area (Å²) in [7, 11) is 0. The molecule has 1 heterocycles. The molecule has 0 aliphatic carbocycles. The molecule has 0 radical (unpaired) electrons. The number of anilines is 1. The van der Waals surface area contributed by atoms with Crippen LogP contribution < -0.4 is 10.2 Å². The molecule has 1 saturated heterocycles. The minimum Gasteiger partial charge on any atom is -0.366 e. The lowest BCUT2D eigenvalue weighted by Gasteiger charge is -2.28. The fraction of sp³-hybridized carbons (Fsp3) is 0.368. The Morgan fingerprint density at radius 2 is 2.00 bits per heavy atom. The third kappa shape index (κ3) is 4.61. The van der Waals surface area contributed by atoms with Gasteiger partial charge in [0.15, 0.2) is 0 Å². The Bertz CT molecular complexity index is 627. The Kier molecular flexibility index (Phi) is 6.20. The standard InChI is InChI=1S/C19H22ClIN2/c20-19-9-8-18(11-16(19)12-21)23(14-17-7-4-10-22-17)13-15-5-2-1-3-6-15/h1-3,5-6,8-9,11,17,22H,4,7,10,12-14H2/t17-/m0/s1. The average Bonchev–Trinajstić information content (AvgIpc) is 3.09. The lowest BCUT2D eigenvalue weighted by molar-refractivity contribution is 0.580. The van der Waals surface area contributed by atoms with E-state index in [1.807, 2.05) is 6.07 Å². The van der Waals surface area contributed by atoms with E-state index in [1.165, 1.54) is 29.7 Å². The van der Waals surface area contributed by atoms with Gasteiger partial charge in [0.25, 0.3) is 0 Å². The predicted octanol–water partition coefficient (Wildman–Crippen LogP) is 5.03. The van der Waals surface area contributed by atoms with Gasteiger partial charge in [-0.1, -0.05) is 64.5 Å². The topological polar surface area (TPSA) is 15.3 Å². The summed E-state index contributed by atoms with van der Waals surface area (Å²) in [5, 5.41) is 4.48. The fourth-order valence-electron chi connectivity index (χ4n) is 3.10. The van der Waals surface area contributed by atoms with Crippen molar-refractivity contribution in [3.63, 3.8) is 0 Å². The number of benzene rings is 2. The van der Waals surface area contributed by atoms with E-state index in [9.17, 15) is 0 Å². The number of hydrogen-bond donors (Lipinski definition) is 1. The molecule has 122 valence electrons. The first-order chi connectivity index (χ1) is 11.3. The number of nitrogens with one attached hydrogen (secondary N) is 1. The summed E-state index contributed by atoms with van der Waals surface area (Å²) in [4.78, 5) is 2.48. The molecule has 1 fully saturated rings. The minimum atomic E-state index is 0.581. The monoisotopic (exact) mass is 440 g/mol. The SMILES string of the molecule is Clc1ccc(N(Cc2ccccc2)C[C@@H]2CCCN2)cc1CI. The van der Waals surface area contributed by atoms with Crippen LogP contribution in [0.1, 0.15) is 24.0 Å². The Morgan fingerprint density at radius 1 is 1.17 bits per heavy atom. The predicted molar refractivity (Wildman–Crippen MR) is 108 cm³/mol. The third-order valence-electron chi connectivity index (χ3n) is 4.36. The number of nitrogens with zero attached hydrogens (tertiary/aromatic N) is 1. The summed E-state index contributed by atoms with van der Waals surface area (Å²) < 4.78 is 0.936. The average molecular weight is 441 g/mol. The van der Waals surface area contributed by atoms with Crippen LogP contribution in [0.15, 0.2) is 48.5 Å². The maximum atomic E-state index is 6.30. The summed E-state index contributed by atoms with van der Waals surface area (Å²) in [5.74, 6) is 0. The van der Waals surface area contributed by atoms with E-state index in [2.05, 4.69) is 75.3 Å². The molecule has 0 bridgehead atoms. The Labute approximate surface area is 157 Å². The van der Waals surface area contributed by atoms with Crippen molar-refractivity contribution in [2.24, 2.45) is 0 Å². The molecule has 0 aromatic heterocycles. The van der Waals surface area contributed by atoms with Gasteiger partial charge in [-0.15, -0.1) is 0 Å². The van der Waals surface area contributed by atoms with E-state index in [0.29, 0.717) is 6.04 Å². The summed E-state index contributed by atoms with van der Waals surface area (Å²) in [5.41, 5.74) is 3.82. The second kappa shape index (κ2) is 8.36. The van der Waals surface area contributed by atoms with Crippen molar-refractivity contribution in [2.75, 3.05) is 18.0 Å². The van der Waals surface area contributed by atoms with Gasteiger partial charge < -0.3 is 10.2 Å². The van der Waals surface area contributed by atoms with Gasteiger partial charge in [0.1, 0.15) is 0 Å². The van der Waals surface area contributed by atoms with Crippen LogP contribution in [0.3, 0.4) is 0 Å². The number of hydrogen-bond acceptors (Lipinski definition) is 2. The van der Waals surface area contributed by atoms with E-state index in [1.54, 1.807) is 0 Å². The van der Waals surface area contributed by atoms with Crippen molar-refractivity contribution in [2.45, 2.75) is 29.9 Å². The van der Waals surface area contributed by atoms with Crippen LogP contribution in [0.5, 0.6) is 0 Å². The van der Waals surface area contributed by atoms with E-state index in [0.717, 1.165) is 29.1 Å². The third-order valence-corrected chi connectivity index (χ3v) is 5.55. The highest BCUT2D eigenvalue weighted by Crippen LogP contribution is 2.27. The molecule has 1 aliphatic heterocycles. The van der Waals surface area contributed by atoms with Gasteiger partial charge in [-0.2, -0.15) is 0 Å². The Balaban J connectivity index is 1.84. The van der Waals surface area contributed by atoms with Crippen LogP contribution in [-0.2, 0) is 11.0 Å². The quantitative estimate of drug-likeness (QED) is 0.500. The first-order valence-electron chi connectivity index (χ1n) is 8.13. The minimum absolute atomic E-state index is 0.581. The van der Waals surface area contributed by atoms with Crippen molar-refractivity contribution in [1.29, 1.82) is 0 Å². The van der Waals surface area contributed by atoms with Crippen molar-refractivity contribution < 1.29 is 0 Å². The van der Waals surface area contributed by atoms with E-state index < -0.39 is 0 Å². The van der Waals surface area contributed by atoms with Crippen molar-refractivity contribution >= 4 is 39.9 Å². The molecule has 2 nitrogen and oxygen atoms in total. The molecule has 0 saturated carbocycles. The highest BCUT2D eigenvalue weighted by atomic mass is 127. The number of alkyl halides is 1. The van der Waals surface area contributed by atoms with Crippen molar-refractivity contribution in [3.8, 4) is 0 Å². The van der Waals surface area contributed by atoms with Gasteiger partial charge in [0.2, 0.25) is 0 Å². The summed E-state index contributed by atoms with van der Waals surface area (Å²) in [6.07, 6.45) is 2.54. The van der Waals surface area contributed by atoms with E-state index in [-0.39, 0.29) is 0 Å². The van der Waals surface area contributed by atoms with Gasteiger partial charge in [0.05, 0.1) is 0 Å². The molecule has 0 amide bonds. The molecule has 1 atom stereocenters. The Morgan fingerprint density at radius 3 is 2.70 bits per heavy atom. The molecule has 23 heavy (non-hydrogen) atoms. The van der Waals surface area contributed by atoms with Gasteiger partial charge in [-0.3, -0.25) is 0 Å². The highest BCUT2D eigenvalue weighted by molar-refractivity contribution is 14.1. The second-order valence-corrected chi connectivity index (χ2v) is 7.24. The second-order valence-electron chi connectivity index (χ2n) is 6.07. The molecule has 1 N–H and O–H groups in total. The van der Waals surface area contributed by atoms with Crippen LogP contribution in [0.2, 0.25) is 5.02 Å². The largest absolute Gasteiger partial charge is 0.366 e. The molecule has 4 heteroatoms. The molecular weight excluding hydrogens is 419 g/mol. The zero-order valence-electron chi connectivity index (χ0n) is 13.1. The smallest absolute Gasteiger partial charge is 0.0447 e. The maximum Gasteiger partial charge on any atom is 0.0447 e. The summed E-state index contributed by atoms with van der Waals surface area (Å²) in [6, 6.07) is 17.7. The lowest BCUT2D eigenvalue weighted by Crippen LogP contribution is -2.37.